The van der Waals surface area contributed by atoms with Gasteiger partial charge in [-0.3, -0.25) is 9.59 Å². The van der Waals surface area contributed by atoms with Crippen LogP contribution in [0.3, 0.4) is 0 Å². The third-order valence-corrected chi connectivity index (χ3v) is 2.31. The second-order valence-electron chi connectivity index (χ2n) is 3.80. The minimum absolute atomic E-state index is 0.149. The summed E-state index contributed by atoms with van der Waals surface area (Å²) in [5, 5.41) is 2.55. The van der Waals surface area contributed by atoms with Gasteiger partial charge in [-0.25, -0.2) is 4.79 Å². The maximum Gasteiger partial charge on any atom is 0.355 e. The van der Waals surface area contributed by atoms with Crippen LogP contribution >= 0.6 is 0 Å². The van der Waals surface area contributed by atoms with Crippen molar-refractivity contribution in [3.05, 3.63) is 23.5 Å². The van der Waals surface area contributed by atoms with Gasteiger partial charge in [0, 0.05) is 18.3 Å². The van der Waals surface area contributed by atoms with Crippen LogP contribution < -0.4 is 5.32 Å². The Bertz CT molecular complexity index is 464. The highest BCUT2D eigenvalue weighted by Crippen LogP contribution is 2.07. The van der Waals surface area contributed by atoms with Crippen LogP contribution in [-0.2, 0) is 9.53 Å². The van der Waals surface area contributed by atoms with E-state index in [4.69, 9.17) is 4.74 Å². The summed E-state index contributed by atoms with van der Waals surface area (Å²) in [6.07, 6.45) is 0.553. The number of hydrogen-bond donors (Lipinski definition) is 2. The quantitative estimate of drug-likeness (QED) is 0.602. The van der Waals surface area contributed by atoms with Crippen LogP contribution in [0.5, 0.6) is 0 Å². The van der Waals surface area contributed by atoms with Crippen molar-refractivity contribution in [3.63, 3.8) is 0 Å². The van der Waals surface area contributed by atoms with Crippen molar-refractivity contribution >= 4 is 17.7 Å². The van der Waals surface area contributed by atoms with E-state index in [1.807, 2.05) is 0 Å². The Kier molecular flexibility index (Phi) is 4.65. The van der Waals surface area contributed by atoms with Gasteiger partial charge in [0.15, 0.2) is 11.9 Å². The fourth-order valence-electron chi connectivity index (χ4n) is 1.31. The normalized spacial score (nSPS) is 11.7. The highest BCUT2D eigenvalue weighted by molar-refractivity contribution is 5.98. The lowest BCUT2D eigenvalue weighted by atomic mass is 10.2. The number of rotatable bonds is 5. The number of nitrogens with one attached hydrogen (secondary N) is 2. The molecular formula is C12H16N2O4. The SMILES string of the molecule is CCNC(=O)[C@@H](C)OC(=O)c1cc(C(C)=O)c[nH]1. The number of Topliss-reactive ketones (excluding diaryl/α,β-unsaturated/α-hetero) is 1. The Labute approximate surface area is 105 Å². The molecule has 1 heterocycles. The fourth-order valence-corrected chi connectivity index (χ4v) is 1.31. The number of esters is 1. The number of carbonyl (C=O) groups excluding carboxylic acids is 3. The van der Waals surface area contributed by atoms with Gasteiger partial charge in [-0.2, -0.15) is 0 Å². The monoisotopic (exact) mass is 252 g/mol. The van der Waals surface area contributed by atoms with E-state index in [0.717, 1.165) is 0 Å². The topological polar surface area (TPSA) is 88.3 Å². The molecule has 0 aliphatic heterocycles. The van der Waals surface area contributed by atoms with E-state index in [1.165, 1.54) is 26.1 Å². The zero-order valence-electron chi connectivity index (χ0n) is 10.6. The second kappa shape index (κ2) is 6.00. The van der Waals surface area contributed by atoms with Crippen LogP contribution in [0.2, 0.25) is 0 Å². The first-order valence-electron chi connectivity index (χ1n) is 5.63. The molecule has 18 heavy (non-hydrogen) atoms. The number of ether oxygens (including phenoxy) is 1. The van der Waals surface area contributed by atoms with Crippen molar-refractivity contribution < 1.29 is 19.1 Å². The first-order chi connectivity index (χ1) is 8.45. The van der Waals surface area contributed by atoms with Crippen molar-refractivity contribution in [2.24, 2.45) is 0 Å². The highest BCUT2D eigenvalue weighted by atomic mass is 16.5. The molecule has 2 N–H and O–H groups in total. The molecule has 0 spiro atoms. The van der Waals surface area contributed by atoms with Crippen molar-refractivity contribution in [1.29, 1.82) is 0 Å². The molecule has 1 aromatic heterocycles. The molecule has 0 fully saturated rings. The summed E-state index contributed by atoms with van der Waals surface area (Å²) in [4.78, 5) is 36.7. The van der Waals surface area contributed by atoms with Crippen LogP contribution in [0.25, 0.3) is 0 Å². The molecule has 1 rings (SSSR count). The predicted octanol–water partition coefficient (Wildman–Crippen LogP) is 0.899. The number of hydrogen-bond acceptors (Lipinski definition) is 4. The Morgan fingerprint density at radius 2 is 2.11 bits per heavy atom. The lowest BCUT2D eigenvalue weighted by Crippen LogP contribution is -2.35. The summed E-state index contributed by atoms with van der Waals surface area (Å²) in [5.41, 5.74) is 0.545. The Hall–Kier alpha value is -2.11. The molecular weight excluding hydrogens is 236 g/mol. The summed E-state index contributed by atoms with van der Waals surface area (Å²) in [5.74, 6) is -1.17. The van der Waals surface area contributed by atoms with E-state index >= 15 is 0 Å². The number of carbonyl (C=O) groups is 3. The van der Waals surface area contributed by atoms with Gasteiger partial charge in [0.2, 0.25) is 0 Å². The average Bonchev–Trinajstić information content (AvgIpc) is 2.78. The Balaban J connectivity index is 2.64. The third-order valence-electron chi connectivity index (χ3n) is 2.31. The minimum atomic E-state index is -0.874. The van der Waals surface area contributed by atoms with Crippen LogP contribution in [0.15, 0.2) is 12.3 Å². The summed E-state index contributed by atoms with van der Waals surface area (Å²) < 4.78 is 4.95. The molecule has 1 aromatic rings. The summed E-state index contributed by atoms with van der Waals surface area (Å²) in [7, 11) is 0. The van der Waals surface area contributed by atoms with Crippen molar-refractivity contribution in [2.45, 2.75) is 26.9 Å². The zero-order valence-corrected chi connectivity index (χ0v) is 10.6. The number of aromatic amines is 1. The summed E-state index contributed by atoms with van der Waals surface area (Å²) >= 11 is 0. The van der Waals surface area contributed by atoms with Crippen LogP contribution in [0.4, 0.5) is 0 Å². The molecule has 0 unspecified atom stereocenters. The zero-order chi connectivity index (χ0) is 13.7. The van der Waals surface area contributed by atoms with Gasteiger partial charge in [-0.15, -0.1) is 0 Å². The van der Waals surface area contributed by atoms with E-state index in [9.17, 15) is 14.4 Å². The van der Waals surface area contributed by atoms with Gasteiger partial charge in [-0.1, -0.05) is 0 Å². The van der Waals surface area contributed by atoms with E-state index in [1.54, 1.807) is 6.92 Å². The van der Waals surface area contributed by atoms with Crippen molar-refractivity contribution in [2.75, 3.05) is 6.54 Å². The van der Waals surface area contributed by atoms with Crippen LogP contribution in [0, 0.1) is 0 Å². The van der Waals surface area contributed by atoms with Gasteiger partial charge < -0.3 is 15.0 Å². The van der Waals surface area contributed by atoms with Crippen molar-refractivity contribution in [3.8, 4) is 0 Å². The number of amides is 1. The van der Waals surface area contributed by atoms with E-state index in [2.05, 4.69) is 10.3 Å². The maximum atomic E-state index is 11.7. The Morgan fingerprint density at radius 3 is 2.61 bits per heavy atom. The molecule has 6 heteroatoms. The standard InChI is InChI=1S/C12H16N2O4/c1-4-13-11(16)8(3)18-12(17)10-5-9(6-14-10)7(2)15/h5-6,8,14H,4H2,1-3H3,(H,13,16)/t8-/m1/s1. The van der Waals surface area contributed by atoms with E-state index < -0.39 is 12.1 Å². The van der Waals surface area contributed by atoms with Crippen LogP contribution in [0.1, 0.15) is 41.6 Å². The summed E-state index contributed by atoms with van der Waals surface area (Å²) in [6, 6.07) is 1.40. The molecule has 6 nitrogen and oxygen atoms in total. The van der Waals surface area contributed by atoms with Gasteiger partial charge >= 0.3 is 5.97 Å². The second-order valence-corrected chi connectivity index (χ2v) is 3.80. The first-order valence-corrected chi connectivity index (χ1v) is 5.63. The lowest BCUT2D eigenvalue weighted by Gasteiger charge is -2.11. The van der Waals surface area contributed by atoms with Gasteiger partial charge in [0.1, 0.15) is 5.69 Å². The highest BCUT2D eigenvalue weighted by Gasteiger charge is 2.19. The van der Waals surface area contributed by atoms with Gasteiger partial charge in [0.05, 0.1) is 0 Å². The number of likely N-dealkylation sites (N-methyl/N-ethyl adjacent to an activating group) is 1. The first kappa shape index (κ1) is 14.0. The average molecular weight is 252 g/mol. The molecule has 0 aliphatic carbocycles. The predicted molar refractivity (Wildman–Crippen MR) is 64.4 cm³/mol. The summed E-state index contributed by atoms with van der Waals surface area (Å²) in [6.45, 7) is 5.13. The number of ketones is 1. The molecule has 0 aliphatic rings. The van der Waals surface area contributed by atoms with Gasteiger partial charge in [0.25, 0.3) is 5.91 Å². The largest absolute Gasteiger partial charge is 0.448 e. The molecule has 0 saturated heterocycles. The minimum Gasteiger partial charge on any atom is -0.448 e. The van der Waals surface area contributed by atoms with Crippen LogP contribution in [-0.4, -0.2) is 35.3 Å². The van der Waals surface area contributed by atoms with E-state index in [0.29, 0.717) is 12.1 Å². The third kappa shape index (κ3) is 3.44. The molecule has 0 bridgehead atoms. The Morgan fingerprint density at radius 1 is 1.44 bits per heavy atom. The number of aromatic nitrogens is 1. The molecule has 0 saturated carbocycles. The maximum absolute atomic E-state index is 11.7. The van der Waals surface area contributed by atoms with Crippen molar-refractivity contribution in [1.82, 2.24) is 10.3 Å². The van der Waals surface area contributed by atoms with E-state index in [-0.39, 0.29) is 17.4 Å². The van der Waals surface area contributed by atoms with Gasteiger partial charge in [-0.05, 0) is 26.8 Å². The molecule has 98 valence electrons. The smallest absolute Gasteiger partial charge is 0.355 e. The lowest BCUT2D eigenvalue weighted by molar-refractivity contribution is -0.128. The molecule has 0 radical (unpaired) electrons. The fraction of sp³-hybridized carbons (Fsp3) is 0.417. The molecule has 1 amide bonds. The molecule has 0 aromatic carbocycles. The number of H-pyrrole nitrogens is 1. The molecule has 1 atom stereocenters.